The van der Waals surface area contributed by atoms with Gasteiger partial charge in [-0.2, -0.15) is 13.2 Å². The zero-order valence-electron chi connectivity index (χ0n) is 13.2. The van der Waals surface area contributed by atoms with Gasteiger partial charge >= 0.3 is 12.2 Å². The lowest BCUT2D eigenvalue weighted by Gasteiger charge is -2.31. The second-order valence-corrected chi connectivity index (χ2v) is 6.00. The van der Waals surface area contributed by atoms with Gasteiger partial charge in [0, 0.05) is 24.8 Å². The van der Waals surface area contributed by atoms with Gasteiger partial charge in [-0.3, -0.25) is 4.79 Å². The molecule has 1 heterocycles. The molecule has 25 heavy (non-hydrogen) atoms. The molecule has 0 aliphatic carbocycles. The molecule has 1 aliphatic heterocycles. The van der Waals surface area contributed by atoms with Gasteiger partial charge in [-0.15, -0.1) is 0 Å². The fraction of sp³-hybridized carbons (Fsp3) is 0.375. The van der Waals surface area contributed by atoms with Crippen LogP contribution in [0, 0.1) is 0 Å². The lowest BCUT2D eigenvalue weighted by Crippen LogP contribution is -2.47. The lowest BCUT2D eigenvalue weighted by atomic mass is 10.1. The Bertz CT molecular complexity index is 671. The van der Waals surface area contributed by atoms with E-state index >= 15 is 0 Å². The summed E-state index contributed by atoms with van der Waals surface area (Å²) in [5.41, 5.74) is -1.02. The molecule has 2 N–H and O–H groups in total. The van der Waals surface area contributed by atoms with Gasteiger partial charge in [0.25, 0.3) is 0 Å². The van der Waals surface area contributed by atoms with Crippen molar-refractivity contribution in [2.45, 2.75) is 25.1 Å². The average Bonchev–Trinajstić information content (AvgIpc) is 2.55. The van der Waals surface area contributed by atoms with E-state index in [-0.39, 0.29) is 17.6 Å². The van der Waals surface area contributed by atoms with E-state index in [0.717, 1.165) is 12.1 Å². The van der Waals surface area contributed by atoms with E-state index < -0.39 is 22.8 Å². The molecule has 2 rings (SSSR count). The highest BCUT2D eigenvalue weighted by Gasteiger charge is 2.33. The number of hydrogen-bond donors (Lipinski definition) is 2. The first kappa shape index (κ1) is 19.1. The number of carbonyl (C=O) groups is 2. The quantitative estimate of drug-likeness (QED) is 0.792. The highest BCUT2D eigenvalue weighted by Crippen LogP contribution is 2.36. The van der Waals surface area contributed by atoms with Gasteiger partial charge in [-0.05, 0) is 37.1 Å². The van der Waals surface area contributed by atoms with E-state index in [0.29, 0.717) is 25.9 Å². The Morgan fingerprint density at radius 2 is 1.92 bits per heavy atom. The molecule has 3 amide bonds. The molecule has 1 aliphatic rings. The molecule has 1 aromatic carbocycles. The van der Waals surface area contributed by atoms with Gasteiger partial charge in [0.15, 0.2) is 0 Å². The Hall–Kier alpha value is -2.22. The van der Waals surface area contributed by atoms with Crippen molar-refractivity contribution in [1.82, 2.24) is 10.2 Å². The summed E-state index contributed by atoms with van der Waals surface area (Å²) >= 11 is 5.54. The van der Waals surface area contributed by atoms with E-state index in [4.69, 9.17) is 11.6 Å². The zero-order chi connectivity index (χ0) is 18.6. The van der Waals surface area contributed by atoms with Crippen molar-refractivity contribution in [2.24, 2.45) is 0 Å². The fourth-order valence-corrected chi connectivity index (χ4v) is 2.77. The lowest BCUT2D eigenvalue weighted by molar-refractivity contribution is -0.137. The van der Waals surface area contributed by atoms with Crippen molar-refractivity contribution in [3.63, 3.8) is 0 Å². The number of alkyl halides is 3. The Kier molecular flexibility index (Phi) is 5.94. The van der Waals surface area contributed by atoms with Crippen molar-refractivity contribution in [2.75, 3.05) is 18.4 Å². The third-order valence-corrected chi connectivity index (χ3v) is 4.18. The number of hydrogen-bond acceptors (Lipinski definition) is 2. The van der Waals surface area contributed by atoms with E-state index in [1.807, 2.05) is 0 Å². The molecule has 5 nitrogen and oxygen atoms in total. The second kappa shape index (κ2) is 7.77. The number of rotatable bonds is 3. The first-order valence-corrected chi connectivity index (χ1v) is 7.94. The first-order chi connectivity index (χ1) is 11.7. The molecule has 1 fully saturated rings. The third-order valence-electron chi connectivity index (χ3n) is 3.85. The van der Waals surface area contributed by atoms with E-state index in [1.54, 1.807) is 4.90 Å². The van der Waals surface area contributed by atoms with Crippen LogP contribution in [0.4, 0.5) is 23.7 Å². The van der Waals surface area contributed by atoms with Crippen LogP contribution >= 0.6 is 11.6 Å². The first-order valence-electron chi connectivity index (χ1n) is 7.56. The molecular formula is C16H17ClF3N3O2. The second-order valence-electron chi connectivity index (χ2n) is 5.59. The highest BCUT2D eigenvalue weighted by atomic mass is 35.5. The summed E-state index contributed by atoms with van der Waals surface area (Å²) in [6.45, 7) is 4.38. The molecule has 1 aromatic rings. The van der Waals surface area contributed by atoms with Crippen LogP contribution in [0.25, 0.3) is 0 Å². The van der Waals surface area contributed by atoms with Gasteiger partial charge in [-0.25, -0.2) is 4.79 Å². The van der Waals surface area contributed by atoms with E-state index in [9.17, 15) is 22.8 Å². The van der Waals surface area contributed by atoms with Gasteiger partial charge in [0.05, 0.1) is 10.6 Å². The number of nitrogens with one attached hydrogen (secondary N) is 2. The molecule has 0 saturated carbocycles. The van der Waals surface area contributed by atoms with Gasteiger partial charge in [-0.1, -0.05) is 18.2 Å². The highest BCUT2D eigenvalue weighted by molar-refractivity contribution is 6.31. The van der Waals surface area contributed by atoms with Crippen LogP contribution in [0.3, 0.4) is 0 Å². The standard InChI is InChI=1S/C16H17ClF3N3O2/c1-2-14(24)23-7-5-10(6-8-23)21-15(25)22-11-3-4-13(17)12(9-11)16(18,19)20/h2-4,9-10H,1,5-8H2,(H2,21,22,25). The minimum absolute atomic E-state index is 0.00602. The van der Waals surface area contributed by atoms with Crippen LogP contribution in [0.15, 0.2) is 30.9 Å². The number of likely N-dealkylation sites (tertiary alicyclic amines) is 1. The fourth-order valence-electron chi connectivity index (χ4n) is 2.55. The topological polar surface area (TPSA) is 61.4 Å². The Balaban J connectivity index is 1.91. The van der Waals surface area contributed by atoms with Crippen molar-refractivity contribution < 1.29 is 22.8 Å². The number of nitrogens with zero attached hydrogens (tertiary/aromatic N) is 1. The third kappa shape index (κ3) is 5.12. The summed E-state index contributed by atoms with van der Waals surface area (Å²) < 4.78 is 38.5. The van der Waals surface area contributed by atoms with E-state index in [1.165, 1.54) is 12.1 Å². The molecular weight excluding hydrogens is 359 g/mol. The maximum atomic E-state index is 12.8. The predicted molar refractivity (Wildman–Crippen MR) is 88.4 cm³/mol. The van der Waals surface area contributed by atoms with Crippen molar-refractivity contribution in [1.29, 1.82) is 0 Å². The Labute approximate surface area is 147 Å². The van der Waals surface area contributed by atoms with Gasteiger partial charge in [0.2, 0.25) is 5.91 Å². The minimum atomic E-state index is -4.60. The van der Waals surface area contributed by atoms with E-state index in [2.05, 4.69) is 17.2 Å². The summed E-state index contributed by atoms with van der Waals surface area (Å²) in [6.07, 6.45) is -2.25. The maximum absolute atomic E-state index is 12.8. The molecule has 1 saturated heterocycles. The molecule has 0 radical (unpaired) electrons. The van der Waals surface area contributed by atoms with Crippen LogP contribution in [0.2, 0.25) is 5.02 Å². The molecule has 136 valence electrons. The number of carbonyl (C=O) groups excluding carboxylic acids is 2. The molecule has 0 aromatic heterocycles. The number of urea groups is 1. The van der Waals surface area contributed by atoms with Crippen molar-refractivity contribution in [3.05, 3.63) is 41.4 Å². The van der Waals surface area contributed by atoms with Crippen LogP contribution in [0.5, 0.6) is 0 Å². The molecule has 0 unspecified atom stereocenters. The van der Waals surface area contributed by atoms with Crippen LogP contribution in [-0.2, 0) is 11.0 Å². The summed E-state index contributed by atoms with van der Waals surface area (Å²) in [6, 6.07) is 2.39. The number of amides is 3. The Morgan fingerprint density at radius 1 is 1.28 bits per heavy atom. The molecule has 0 bridgehead atoms. The van der Waals surface area contributed by atoms with Crippen molar-refractivity contribution >= 4 is 29.2 Å². The summed E-state index contributed by atoms with van der Waals surface area (Å²) in [5.74, 6) is -0.163. The zero-order valence-corrected chi connectivity index (χ0v) is 14.0. The van der Waals surface area contributed by atoms with Crippen molar-refractivity contribution in [3.8, 4) is 0 Å². The Morgan fingerprint density at radius 3 is 2.48 bits per heavy atom. The molecule has 0 atom stereocenters. The molecule has 9 heteroatoms. The monoisotopic (exact) mass is 375 g/mol. The van der Waals surface area contributed by atoms with Gasteiger partial charge < -0.3 is 15.5 Å². The SMILES string of the molecule is C=CC(=O)N1CCC(NC(=O)Nc2ccc(Cl)c(C(F)(F)F)c2)CC1. The molecule has 0 spiro atoms. The number of piperidine rings is 1. The number of benzene rings is 1. The minimum Gasteiger partial charge on any atom is -0.339 e. The van der Waals surface area contributed by atoms with Crippen LogP contribution in [-0.4, -0.2) is 36.0 Å². The predicted octanol–water partition coefficient (Wildman–Crippen LogP) is 3.66. The summed E-state index contributed by atoms with van der Waals surface area (Å²) in [7, 11) is 0. The summed E-state index contributed by atoms with van der Waals surface area (Å²) in [4.78, 5) is 25.1. The normalized spacial score (nSPS) is 15.6. The largest absolute Gasteiger partial charge is 0.417 e. The summed E-state index contributed by atoms with van der Waals surface area (Å²) in [5, 5.41) is 4.63. The van der Waals surface area contributed by atoms with Crippen LogP contribution in [0.1, 0.15) is 18.4 Å². The number of anilines is 1. The number of halogens is 4. The van der Waals surface area contributed by atoms with Crippen LogP contribution < -0.4 is 10.6 Å². The van der Waals surface area contributed by atoms with Gasteiger partial charge in [0.1, 0.15) is 0 Å². The average molecular weight is 376 g/mol. The maximum Gasteiger partial charge on any atom is 0.417 e. The smallest absolute Gasteiger partial charge is 0.339 e.